The molecule has 0 saturated carbocycles. The van der Waals surface area contributed by atoms with E-state index in [2.05, 4.69) is 51.0 Å². The minimum Gasteiger partial charge on any atom is -0.366 e. The lowest BCUT2D eigenvalue weighted by atomic mass is 9.88. The van der Waals surface area contributed by atoms with Crippen LogP contribution in [-0.4, -0.2) is 16.9 Å². The smallest absolute Gasteiger partial charge is 0.126 e. The predicted molar refractivity (Wildman–Crippen MR) is 80.5 cm³/mol. The maximum Gasteiger partial charge on any atom is 0.126 e. The molecule has 1 unspecified atom stereocenters. The van der Waals surface area contributed by atoms with Crippen LogP contribution in [-0.2, 0) is 5.41 Å². The average Bonchev–Trinajstić information content (AvgIpc) is 2.27. The molecule has 1 aromatic heterocycles. The number of nitrogens with one attached hydrogen (secondary N) is 1. The van der Waals surface area contributed by atoms with Gasteiger partial charge < -0.3 is 5.32 Å². The molecule has 1 heterocycles. The van der Waals surface area contributed by atoms with Crippen molar-refractivity contribution in [2.75, 3.05) is 11.2 Å². The van der Waals surface area contributed by atoms with Crippen LogP contribution in [0.2, 0.25) is 0 Å². The Balaban J connectivity index is 2.68. The number of alkyl halides is 1. The molecule has 1 atom stereocenters. The minimum atomic E-state index is 0.148. The molecule has 0 bridgehead atoms. The zero-order valence-corrected chi connectivity index (χ0v) is 12.9. The number of rotatable bonds is 5. The van der Waals surface area contributed by atoms with Crippen LogP contribution >= 0.6 is 11.6 Å². The average molecular weight is 269 g/mol. The van der Waals surface area contributed by atoms with Gasteiger partial charge in [-0.3, -0.25) is 0 Å². The Hall–Kier alpha value is -0.760. The van der Waals surface area contributed by atoms with E-state index in [-0.39, 0.29) is 5.41 Å². The first-order chi connectivity index (χ1) is 8.32. The third kappa shape index (κ3) is 4.85. The second-order valence-corrected chi connectivity index (χ2v) is 6.62. The summed E-state index contributed by atoms with van der Waals surface area (Å²) < 4.78 is 0. The summed E-state index contributed by atoms with van der Waals surface area (Å²) in [5, 5.41) is 3.40. The van der Waals surface area contributed by atoms with Gasteiger partial charge >= 0.3 is 0 Å². The van der Waals surface area contributed by atoms with E-state index in [1.54, 1.807) is 0 Å². The fourth-order valence-corrected chi connectivity index (χ4v) is 2.06. The zero-order chi connectivity index (χ0) is 13.8. The van der Waals surface area contributed by atoms with Gasteiger partial charge in [0.1, 0.15) is 5.82 Å². The number of aromatic nitrogens is 1. The zero-order valence-electron chi connectivity index (χ0n) is 12.1. The Morgan fingerprint density at radius 2 is 1.94 bits per heavy atom. The molecule has 0 fully saturated rings. The molecule has 0 aliphatic rings. The largest absolute Gasteiger partial charge is 0.366 e. The summed E-state index contributed by atoms with van der Waals surface area (Å²) in [6, 6.07) is 4.47. The molecule has 3 heteroatoms. The highest BCUT2D eigenvalue weighted by Gasteiger charge is 2.14. The summed E-state index contributed by atoms with van der Waals surface area (Å²) in [5.74, 6) is 2.16. The van der Waals surface area contributed by atoms with Gasteiger partial charge in [-0.2, -0.15) is 0 Å². The van der Waals surface area contributed by atoms with Crippen molar-refractivity contribution in [3.8, 4) is 0 Å². The van der Waals surface area contributed by atoms with Crippen LogP contribution in [0.15, 0.2) is 18.3 Å². The topological polar surface area (TPSA) is 24.9 Å². The Morgan fingerprint density at radius 1 is 1.28 bits per heavy atom. The minimum absolute atomic E-state index is 0.148. The highest BCUT2D eigenvalue weighted by molar-refractivity contribution is 6.18. The molecule has 0 spiro atoms. The Kier molecular flexibility index (Phi) is 5.46. The number of hydrogen-bond acceptors (Lipinski definition) is 2. The SMILES string of the molecule is CC(C)CC(CCl)Nc1ccc(C(C)(C)C)cn1. The van der Waals surface area contributed by atoms with Crippen LogP contribution in [0.4, 0.5) is 5.82 Å². The first-order valence-electron chi connectivity index (χ1n) is 6.62. The Labute approximate surface area is 116 Å². The van der Waals surface area contributed by atoms with E-state index in [0.717, 1.165) is 12.2 Å². The molecule has 1 N–H and O–H groups in total. The third-order valence-corrected chi connectivity index (χ3v) is 3.30. The summed E-state index contributed by atoms with van der Waals surface area (Å²) in [7, 11) is 0. The molecule has 0 radical (unpaired) electrons. The lowest BCUT2D eigenvalue weighted by molar-refractivity contribution is 0.541. The van der Waals surface area contributed by atoms with Gasteiger partial charge in [-0.25, -0.2) is 4.98 Å². The quantitative estimate of drug-likeness (QED) is 0.799. The van der Waals surface area contributed by atoms with Crippen LogP contribution in [0.3, 0.4) is 0 Å². The van der Waals surface area contributed by atoms with E-state index in [4.69, 9.17) is 11.6 Å². The van der Waals surface area contributed by atoms with E-state index in [0.29, 0.717) is 17.8 Å². The normalized spacial score (nSPS) is 13.7. The van der Waals surface area contributed by atoms with Crippen molar-refractivity contribution in [3.05, 3.63) is 23.9 Å². The first kappa shape index (κ1) is 15.3. The molecule has 1 aromatic rings. The molecule has 0 aliphatic carbocycles. The van der Waals surface area contributed by atoms with Crippen LogP contribution < -0.4 is 5.32 Å². The monoisotopic (exact) mass is 268 g/mol. The number of halogens is 1. The summed E-state index contributed by atoms with van der Waals surface area (Å²) in [5.41, 5.74) is 1.40. The molecule has 0 aliphatic heterocycles. The molecule has 2 nitrogen and oxygen atoms in total. The fraction of sp³-hybridized carbons (Fsp3) is 0.667. The van der Waals surface area contributed by atoms with Crippen molar-refractivity contribution < 1.29 is 0 Å². The number of pyridine rings is 1. The summed E-state index contributed by atoms with van der Waals surface area (Å²) in [6.07, 6.45) is 3.01. The van der Waals surface area contributed by atoms with E-state index in [9.17, 15) is 0 Å². The van der Waals surface area contributed by atoms with Gasteiger partial charge in [0.25, 0.3) is 0 Å². The molecule has 18 heavy (non-hydrogen) atoms. The van der Waals surface area contributed by atoms with E-state index < -0.39 is 0 Å². The molecule has 0 amide bonds. The van der Waals surface area contributed by atoms with Gasteiger partial charge in [0.2, 0.25) is 0 Å². The second-order valence-electron chi connectivity index (χ2n) is 6.31. The van der Waals surface area contributed by atoms with Crippen molar-refractivity contribution in [2.24, 2.45) is 5.92 Å². The van der Waals surface area contributed by atoms with Gasteiger partial charge in [0.15, 0.2) is 0 Å². The van der Waals surface area contributed by atoms with Crippen molar-refractivity contribution in [1.82, 2.24) is 4.98 Å². The van der Waals surface area contributed by atoms with Gasteiger partial charge in [-0.1, -0.05) is 40.7 Å². The first-order valence-corrected chi connectivity index (χ1v) is 7.15. The van der Waals surface area contributed by atoms with E-state index in [1.165, 1.54) is 5.56 Å². The number of nitrogens with zero attached hydrogens (tertiary/aromatic N) is 1. The van der Waals surface area contributed by atoms with E-state index >= 15 is 0 Å². The maximum absolute atomic E-state index is 5.98. The highest BCUT2D eigenvalue weighted by Crippen LogP contribution is 2.22. The van der Waals surface area contributed by atoms with Crippen molar-refractivity contribution in [2.45, 2.75) is 52.5 Å². The van der Waals surface area contributed by atoms with Gasteiger partial charge in [0.05, 0.1) is 0 Å². The molecule has 1 rings (SSSR count). The maximum atomic E-state index is 5.98. The Bertz CT molecular complexity index is 352. The lowest BCUT2D eigenvalue weighted by Gasteiger charge is -2.21. The van der Waals surface area contributed by atoms with Gasteiger partial charge in [-0.05, 0) is 29.4 Å². The fourth-order valence-electron chi connectivity index (χ4n) is 1.86. The summed E-state index contributed by atoms with van der Waals surface area (Å²) in [6.45, 7) is 11.0. The molecule has 0 aromatic carbocycles. The lowest BCUT2D eigenvalue weighted by Crippen LogP contribution is -2.24. The Morgan fingerprint density at radius 3 is 2.33 bits per heavy atom. The second kappa shape index (κ2) is 6.42. The van der Waals surface area contributed by atoms with Crippen LogP contribution in [0, 0.1) is 5.92 Å². The van der Waals surface area contributed by atoms with Crippen LogP contribution in [0.25, 0.3) is 0 Å². The standard InChI is InChI=1S/C15H25ClN2/c1-11(2)8-13(9-16)18-14-7-6-12(10-17-14)15(3,4)5/h6-7,10-11,13H,8-9H2,1-5H3,(H,17,18). The molecular formula is C15H25ClN2. The molecule has 0 saturated heterocycles. The van der Waals surface area contributed by atoms with Crippen molar-refractivity contribution in [3.63, 3.8) is 0 Å². The van der Waals surface area contributed by atoms with Crippen LogP contribution in [0.5, 0.6) is 0 Å². The third-order valence-electron chi connectivity index (χ3n) is 2.92. The molecular weight excluding hydrogens is 244 g/mol. The predicted octanol–water partition coefficient (Wildman–Crippen LogP) is 4.44. The number of hydrogen-bond donors (Lipinski definition) is 1. The van der Waals surface area contributed by atoms with Gasteiger partial charge in [-0.15, -0.1) is 11.6 Å². The molecule has 102 valence electrons. The summed E-state index contributed by atoms with van der Waals surface area (Å²) >= 11 is 5.98. The van der Waals surface area contributed by atoms with Crippen molar-refractivity contribution in [1.29, 1.82) is 0 Å². The van der Waals surface area contributed by atoms with Crippen LogP contribution in [0.1, 0.15) is 46.6 Å². The van der Waals surface area contributed by atoms with Crippen molar-refractivity contribution >= 4 is 17.4 Å². The van der Waals surface area contributed by atoms with E-state index in [1.807, 2.05) is 12.3 Å². The number of anilines is 1. The highest BCUT2D eigenvalue weighted by atomic mass is 35.5. The summed E-state index contributed by atoms with van der Waals surface area (Å²) in [4.78, 5) is 4.47. The van der Waals surface area contributed by atoms with Gasteiger partial charge in [0, 0.05) is 18.1 Å².